The van der Waals surface area contributed by atoms with E-state index in [4.69, 9.17) is 0 Å². The van der Waals surface area contributed by atoms with E-state index >= 15 is 0 Å². The molecule has 0 saturated carbocycles. The van der Waals surface area contributed by atoms with E-state index in [0.29, 0.717) is 22.0 Å². The molecule has 8 nitrogen and oxygen atoms in total. The number of halogens is 1. The summed E-state index contributed by atoms with van der Waals surface area (Å²) in [6, 6.07) is 13.4. The normalized spacial score (nSPS) is 11.2. The first kappa shape index (κ1) is 21.5. The summed E-state index contributed by atoms with van der Waals surface area (Å²) in [6.45, 7) is 0. The van der Waals surface area contributed by atoms with Crippen LogP contribution < -0.4 is 10.0 Å². The van der Waals surface area contributed by atoms with Gasteiger partial charge in [0.1, 0.15) is 10.8 Å². The van der Waals surface area contributed by atoms with Gasteiger partial charge in [0.15, 0.2) is 0 Å². The molecule has 1 amide bonds. The Hall–Kier alpha value is -3.70. The predicted molar refractivity (Wildman–Crippen MR) is 119 cm³/mol. The molecule has 4 rings (SSSR count). The number of aromatic nitrogens is 3. The van der Waals surface area contributed by atoms with Gasteiger partial charge in [0.05, 0.1) is 17.0 Å². The molecule has 4 aromatic rings. The number of rotatable bonds is 7. The van der Waals surface area contributed by atoms with Crippen molar-refractivity contribution in [1.82, 2.24) is 15.0 Å². The molecule has 0 radical (unpaired) electrons. The Morgan fingerprint density at radius 2 is 1.78 bits per heavy atom. The summed E-state index contributed by atoms with van der Waals surface area (Å²) < 4.78 is 40.5. The number of nitrogens with zero attached hydrogens (tertiary/aromatic N) is 3. The van der Waals surface area contributed by atoms with E-state index in [0.717, 1.165) is 0 Å². The fourth-order valence-corrected chi connectivity index (χ4v) is 4.53. The number of nitrogens with one attached hydrogen (secondary N) is 2. The molecule has 0 bridgehead atoms. The second-order valence-electron chi connectivity index (χ2n) is 6.58. The van der Waals surface area contributed by atoms with Crippen molar-refractivity contribution in [3.05, 3.63) is 83.9 Å². The fourth-order valence-electron chi connectivity index (χ4n) is 2.76. The van der Waals surface area contributed by atoms with Gasteiger partial charge in [0.25, 0.3) is 10.0 Å². The molecule has 162 valence electrons. The van der Waals surface area contributed by atoms with Crippen LogP contribution in [0, 0.1) is 5.82 Å². The lowest BCUT2D eigenvalue weighted by Gasteiger charge is -2.08. The molecule has 0 unspecified atom stereocenters. The van der Waals surface area contributed by atoms with Crippen LogP contribution in [0.15, 0.2) is 77.3 Å². The Morgan fingerprint density at radius 3 is 2.50 bits per heavy atom. The quantitative estimate of drug-likeness (QED) is 0.426. The van der Waals surface area contributed by atoms with Crippen LogP contribution in [0.4, 0.5) is 16.0 Å². The summed E-state index contributed by atoms with van der Waals surface area (Å²) in [7, 11) is -3.86. The van der Waals surface area contributed by atoms with Crippen LogP contribution in [0.1, 0.15) is 5.69 Å². The number of hydrogen-bond acceptors (Lipinski definition) is 7. The maximum atomic E-state index is 13.4. The highest BCUT2D eigenvalue weighted by atomic mass is 32.2. The number of hydrogen-bond donors (Lipinski definition) is 2. The molecule has 2 aromatic carbocycles. The molecule has 2 aromatic heterocycles. The molecule has 2 N–H and O–H groups in total. The van der Waals surface area contributed by atoms with Crippen LogP contribution >= 0.6 is 11.3 Å². The minimum atomic E-state index is -3.86. The molecular formula is C21H16FN5O3S2. The minimum absolute atomic E-state index is 0.00203. The van der Waals surface area contributed by atoms with Crippen LogP contribution in [0.2, 0.25) is 0 Å². The highest BCUT2D eigenvalue weighted by Crippen LogP contribution is 2.24. The van der Waals surface area contributed by atoms with Gasteiger partial charge < -0.3 is 5.32 Å². The lowest BCUT2D eigenvalue weighted by Crippen LogP contribution is -2.16. The third-order valence-electron chi connectivity index (χ3n) is 4.20. The molecule has 0 aliphatic rings. The van der Waals surface area contributed by atoms with E-state index in [2.05, 4.69) is 25.0 Å². The lowest BCUT2D eigenvalue weighted by atomic mass is 10.2. The minimum Gasteiger partial charge on any atom is -0.326 e. The average molecular weight is 470 g/mol. The first-order valence-electron chi connectivity index (χ1n) is 9.29. The third-order valence-corrected chi connectivity index (χ3v) is 6.49. The number of anilines is 2. The third kappa shape index (κ3) is 5.31. The van der Waals surface area contributed by atoms with Crippen molar-refractivity contribution in [3.63, 3.8) is 0 Å². The van der Waals surface area contributed by atoms with E-state index < -0.39 is 10.0 Å². The topological polar surface area (TPSA) is 114 Å². The Morgan fingerprint density at radius 1 is 1.03 bits per heavy atom. The largest absolute Gasteiger partial charge is 0.326 e. The summed E-state index contributed by atoms with van der Waals surface area (Å²) >= 11 is 1.32. The van der Waals surface area contributed by atoms with Crippen LogP contribution in [0.3, 0.4) is 0 Å². The van der Waals surface area contributed by atoms with Crippen LogP contribution in [0.25, 0.3) is 10.6 Å². The lowest BCUT2D eigenvalue weighted by molar-refractivity contribution is -0.115. The molecule has 0 spiro atoms. The van der Waals surface area contributed by atoms with E-state index in [1.54, 1.807) is 23.6 Å². The van der Waals surface area contributed by atoms with Gasteiger partial charge in [-0.3, -0.25) is 4.79 Å². The number of thiazole rings is 1. The highest BCUT2D eigenvalue weighted by Gasteiger charge is 2.16. The number of sulfonamides is 1. The summed E-state index contributed by atoms with van der Waals surface area (Å²) in [5.41, 5.74) is 1.64. The zero-order chi connectivity index (χ0) is 22.6. The van der Waals surface area contributed by atoms with Gasteiger partial charge in [-0.2, -0.15) is 0 Å². The Bertz CT molecular complexity index is 1340. The Kier molecular flexibility index (Phi) is 6.19. The van der Waals surface area contributed by atoms with Crippen molar-refractivity contribution >= 4 is 38.9 Å². The zero-order valence-corrected chi connectivity index (χ0v) is 18.0. The Labute approximate surface area is 187 Å². The van der Waals surface area contributed by atoms with Crippen molar-refractivity contribution in [2.75, 3.05) is 10.0 Å². The first-order valence-corrected chi connectivity index (χ1v) is 11.7. The van der Waals surface area contributed by atoms with Gasteiger partial charge in [-0.25, -0.2) is 32.5 Å². The van der Waals surface area contributed by atoms with Crippen molar-refractivity contribution in [3.8, 4) is 10.6 Å². The molecule has 0 saturated heterocycles. The van der Waals surface area contributed by atoms with E-state index in [9.17, 15) is 17.6 Å². The molecule has 0 fully saturated rings. The van der Waals surface area contributed by atoms with Crippen LogP contribution in [-0.2, 0) is 21.2 Å². The highest BCUT2D eigenvalue weighted by molar-refractivity contribution is 7.92. The average Bonchev–Trinajstić information content (AvgIpc) is 3.23. The predicted octanol–water partition coefficient (Wildman–Crippen LogP) is 3.72. The molecule has 0 aliphatic heterocycles. The maximum absolute atomic E-state index is 13.4. The van der Waals surface area contributed by atoms with E-state index in [-0.39, 0.29) is 29.0 Å². The summed E-state index contributed by atoms with van der Waals surface area (Å²) in [5.74, 6) is -0.702. The zero-order valence-electron chi connectivity index (χ0n) is 16.4. The molecule has 11 heteroatoms. The van der Waals surface area contributed by atoms with Gasteiger partial charge in [-0.1, -0.05) is 12.1 Å². The second kappa shape index (κ2) is 9.20. The smallest absolute Gasteiger partial charge is 0.264 e. The van der Waals surface area contributed by atoms with Gasteiger partial charge in [0.2, 0.25) is 11.9 Å². The van der Waals surface area contributed by atoms with Crippen molar-refractivity contribution in [2.24, 2.45) is 0 Å². The van der Waals surface area contributed by atoms with Crippen molar-refractivity contribution < 1.29 is 17.6 Å². The van der Waals surface area contributed by atoms with Crippen LogP contribution in [-0.4, -0.2) is 29.3 Å². The van der Waals surface area contributed by atoms with Crippen LogP contribution in [0.5, 0.6) is 0 Å². The molecular weight excluding hydrogens is 453 g/mol. The van der Waals surface area contributed by atoms with Gasteiger partial charge in [-0.15, -0.1) is 11.3 Å². The van der Waals surface area contributed by atoms with Gasteiger partial charge in [-0.05, 0) is 42.5 Å². The van der Waals surface area contributed by atoms with Crippen molar-refractivity contribution in [2.45, 2.75) is 11.3 Å². The summed E-state index contributed by atoms with van der Waals surface area (Å²) in [6.07, 6.45) is 2.87. The van der Waals surface area contributed by atoms with Gasteiger partial charge in [0, 0.05) is 29.0 Å². The SMILES string of the molecule is O=C(Cc1csc(-c2cccc(F)c2)n1)Nc1ccc(S(=O)(=O)Nc2ncccn2)cc1. The molecule has 32 heavy (non-hydrogen) atoms. The Balaban J connectivity index is 1.38. The maximum Gasteiger partial charge on any atom is 0.264 e. The number of carbonyl (C=O) groups is 1. The molecule has 2 heterocycles. The number of benzene rings is 2. The van der Waals surface area contributed by atoms with Crippen molar-refractivity contribution in [1.29, 1.82) is 0 Å². The van der Waals surface area contributed by atoms with E-state index in [1.165, 1.54) is 60.1 Å². The first-order chi connectivity index (χ1) is 15.4. The summed E-state index contributed by atoms with van der Waals surface area (Å²) in [5, 5.41) is 5.07. The number of amides is 1. The standard InChI is InChI=1S/C21H16FN5O3S2/c22-15-4-1-3-14(11-15)20-26-17(13-31-20)12-19(28)25-16-5-7-18(8-6-16)32(29,30)27-21-23-9-2-10-24-21/h1-11,13H,12H2,(H,25,28)(H,23,24,27). The molecule has 0 aliphatic carbocycles. The fraction of sp³-hybridized carbons (Fsp3) is 0.0476. The summed E-state index contributed by atoms with van der Waals surface area (Å²) in [4.78, 5) is 24.4. The monoisotopic (exact) mass is 469 g/mol. The number of carbonyl (C=O) groups excluding carboxylic acids is 1. The second-order valence-corrected chi connectivity index (χ2v) is 9.12. The van der Waals surface area contributed by atoms with Gasteiger partial charge >= 0.3 is 0 Å². The molecule has 0 atom stereocenters. The van der Waals surface area contributed by atoms with E-state index in [1.807, 2.05) is 0 Å².